The molecule has 2 heterocycles. The molecule has 0 aliphatic rings. The van der Waals surface area contributed by atoms with Crippen molar-refractivity contribution in [3.8, 4) is 22.6 Å². The molecule has 0 saturated carbocycles. The van der Waals surface area contributed by atoms with E-state index in [1.165, 1.54) is 29.0 Å². The predicted octanol–water partition coefficient (Wildman–Crippen LogP) is 4.10. The maximum absolute atomic E-state index is 12.3. The van der Waals surface area contributed by atoms with E-state index in [9.17, 15) is 18.0 Å². The molecule has 0 atom stereocenters. The molecule has 0 fully saturated rings. The SMILES string of the molecule is Cc1cc(OC(F)(F)F)ccc1-n1cc(-c2cnn(C)c2)c(Cl)cc1=O. The van der Waals surface area contributed by atoms with Crippen molar-refractivity contribution >= 4 is 11.6 Å². The summed E-state index contributed by atoms with van der Waals surface area (Å²) in [6.45, 7) is 1.59. The molecule has 0 radical (unpaired) electrons. The van der Waals surface area contributed by atoms with Gasteiger partial charge in [-0.2, -0.15) is 5.10 Å². The summed E-state index contributed by atoms with van der Waals surface area (Å²) < 4.78 is 43.9. The number of benzene rings is 1. The lowest BCUT2D eigenvalue weighted by atomic mass is 10.1. The highest BCUT2D eigenvalue weighted by molar-refractivity contribution is 6.33. The van der Waals surface area contributed by atoms with E-state index in [0.717, 1.165) is 6.07 Å². The van der Waals surface area contributed by atoms with Crippen molar-refractivity contribution in [2.75, 3.05) is 0 Å². The lowest BCUT2D eigenvalue weighted by Gasteiger charge is -2.14. The molecule has 3 rings (SSSR count). The zero-order valence-electron chi connectivity index (χ0n) is 13.7. The van der Waals surface area contributed by atoms with Gasteiger partial charge in [0.15, 0.2) is 0 Å². The van der Waals surface area contributed by atoms with Crippen LogP contribution in [0.25, 0.3) is 16.8 Å². The lowest BCUT2D eigenvalue weighted by Crippen LogP contribution is -2.19. The first-order valence-electron chi connectivity index (χ1n) is 7.42. The summed E-state index contributed by atoms with van der Waals surface area (Å²) in [7, 11) is 1.75. The maximum Gasteiger partial charge on any atom is 0.573 e. The Hall–Kier alpha value is -2.74. The number of pyridine rings is 1. The Bertz CT molecular complexity index is 1020. The van der Waals surface area contributed by atoms with Crippen molar-refractivity contribution in [2.24, 2.45) is 7.05 Å². The van der Waals surface area contributed by atoms with Gasteiger partial charge in [-0.3, -0.25) is 14.0 Å². The molecule has 0 aliphatic heterocycles. The summed E-state index contributed by atoms with van der Waals surface area (Å²) in [4.78, 5) is 12.3. The largest absolute Gasteiger partial charge is 0.573 e. The fraction of sp³-hybridized carbons (Fsp3) is 0.176. The minimum Gasteiger partial charge on any atom is -0.406 e. The van der Waals surface area contributed by atoms with Gasteiger partial charge in [0.1, 0.15) is 5.75 Å². The molecule has 136 valence electrons. The molecule has 9 heteroatoms. The van der Waals surface area contributed by atoms with Crippen LogP contribution in [0.5, 0.6) is 5.75 Å². The Morgan fingerprint density at radius 3 is 2.50 bits per heavy atom. The smallest absolute Gasteiger partial charge is 0.406 e. The zero-order valence-corrected chi connectivity index (χ0v) is 14.5. The van der Waals surface area contributed by atoms with Crippen LogP contribution in [0.2, 0.25) is 5.02 Å². The third-order valence-corrected chi connectivity index (χ3v) is 3.99. The predicted molar refractivity (Wildman–Crippen MR) is 90.7 cm³/mol. The lowest BCUT2D eigenvalue weighted by molar-refractivity contribution is -0.274. The monoisotopic (exact) mass is 383 g/mol. The van der Waals surface area contributed by atoms with Crippen LogP contribution in [0, 0.1) is 6.92 Å². The van der Waals surface area contributed by atoms with Gasteiger partial charge in [-0.15, -0.1) is 13.2 Å². The minimum atomic E-state index is -4.78. The van der Waals surface area contributed by atoms with Crippen molar-refractivity contribution in [3.63, 3.8) is 0 Å². The molecule has 0 spiro atoms. The fourth-order valence-corrected chi connectivity index (χ4v) is 2.82. The molecule has 26 heavy (non-hydrogen) atoms. The fourth-order valence-electron chi connectivity index (χ4n) is 2.57. The van der Waals surface area contributed by atoms with Crippen LogP contribution in [0.4, 0.5) is 13.2 Å². The Morgan fingerprint density at radius 2 is 1.92 bits per heavy atom. The van der Waals surface area contributed by atoms with Crippen molar-refractivity contribution in [1.29, 1.82) is 0 Å². The average Bonchev–Trinajstić information content (AvgIpc) is 2.93. The highest BCUT2D eigenvalue weighted by Crippen LogP contribution is 2.29. The van der Waals surface area contributed by atoms with Gasteiger partial charge in [-0.25, -0.2) is 0 Å². The third-order valence-electron chi connectivity index (χ3n) is 3.68. The summed E-state index contributed by atoms with van der Waals surface area (Å²) >= 11 is 6.18. The molecule has 0 aliphatic carbocycles. The molecule has 0 amide bonds. The van der Waals surface area contributed by atoms with Crippen molar-refractivity contribution in [2.45, 2.75) is 13.3 Å². The van der Waals surface area contributed by atoms with Crippen LogP contribution in [-0.2, 0) is 7.05 Å². The van der Waals surface area contributed by atoms with Crippen molar-refractivity contribution < 1.29 is 17.9 Å². The third kappa shape index (κ3) is 3.75. The molecular weight excluding hydrogens is 371 g/mol. The van der Waals surface area contributed by atoms with E-state index < -0.39 is 11.9 Å². The summed E-state index contributed by atoms with van der Waals surface area (Å²) in [6.07, 6.45) is 0.0964. The molecule has 2 aromatic heterocycles. The first kappa shape index (κ1) is 18.1. The van der Waals surface area contributed by atoms with Gasteiger partial charge < -0.3 is 4.74 Å². The van der Waals surface area contributed by atoms with Gasteiger partial charge >= 0.3 is 6.36 Å². The second-order valence-corrected chi connectivity index (χ2v) is 6.05. The number of hydrogen-bond acceptors (Lipinski definition) is 3. The normalized spacial score (nSPS) is 11.6. The van der Waals surface area contributed by atoms with Gasteiger partial charge in [-0.1, -0.05) is 11.6 Å². The topological polar surface area (TPSA) is 49.0 Å². The van der Waals surface area contributed by atoms with Crippen LogP contribution in [-0.4, -0.2) is 20.7 Å². The van der Waals surface area contributed by atoms with Gasteiger partial charge in [0, 0.05) is 36.6 Å². The van der Waals surface area contributed by atoms with Crippen molar-refractivity contribution in [1.82, 2.24) is 14.3 Å². The van der Waals surface area contributed by atoms with Gasteiger partial charge in [-0.05, 0) is 30.7 Å². The molecule has 0 saturated heterocycles. The van der Waals surface area contributed by atoms with Crippen LogP contribution >= 0.6 is 11.6 Å². The van der Waals surface area contributed by atoms with E-state index in [4.69, 9.17) is 11.6 Å². The number of nitrogens with zero attached hydrogens (tertiary/aromatic N) is 3. The number of ether oxygens (including phenoxy) is 1. The Morgan fingerprint density at radius 1 is 1.19 bits per heavy atom. The van der Waals surface area contributed by atoms with Gasteiger partial charge in [0.25, 0.3) is 5.56 Å². The Labute approximate surface area is 151 Å². The number of rotatable bonds is 3. The second kappa shape index (κ2) is 6.53. The number of aryl methyl sites for hydroxylation is 2. The minimum absolute atomic E-state index is 0.258. The summed E-state index contributed by atoms with van der Waals surface area (Å²) in [5.74, 6) is -0.353. The van der Waals surface area contributed by atoms with Gasteiger partial charge in [0.2, 0.25) is 0 Å². The van der Waals surface area contributed by atoms with E-state index in [1.54, 1.807) is 31.0 Å². The van der Waals surface area contributed by atoms with E-state index in [2.05, 4.69) is 9.84 Å². The van der Waals surface area contributed by atoms with E-state index in [0.29, 0.717) is 22.4 Å². The number of hydrogen-bond donors (Lipinski definition) is 0. The highest BCUT2D eigenvalue weighted by Gasteiger charge is 2.31. The Balaban J connectivity index is 2.08. The van der Waals surface area contributed by atoms with E-state index in [-0.39, 0.29) is 10.8 Å². The molecule has 3 aromatic rings. The van der Waals surface area contributed by atoms with Crippen LogP contribution in [0.15, 0.2) is 47.7 Å². The molecular formula is C17H13ClF3N3O2. The van der Waals surface area contributed by atoms with E-state index >= 15 is 0 Å². The molecule has 0 bridgehead atoms. The van der Waals surface area contributed by atoms with Crippen LogP contribution in [0.3, 0.4) is 0 Å². The highest BCUT2D eigenvalue weighted by atomic mass is 35.5. The molecule has 0 unspecified atom stereocenters. The average molecular weight is 384 g/mol. The summed E-state index contributed by atoms with van der Waals surface area (Å²) in [5.41, 5.74) is 1.74. The van der Waals surface area contributed by atoms with Crippen LogP contribution in [0.1, 0.15) is 5.56 Å². The van der Waals surface area contributed by atoms with Crippen molar-refractivity contribution in [3.05, 3.63) is 63.8 Å². The number of halogens is 4. The zero-order chi connectivity index (χ0) is 19.1. The second-order valence-electron chi connectivity index (χ2n) is 5.64. The number of aromatic nitrogens is 3. The van der Waals surface area contributed by atoms with Crippen LogP contribution < -0.4 is 10.3 Å². The Kier molecular flexibility index (Phi) is 4.53. The summed E-state index contributed by atoms with van der Waals surface area (Å²) in [6, 6.07) is 5.01. The molecule has 5 nitrogen and oxygen atoms in total. The van der Waals surface area contributed by atoms with E-state index in [1.807, 2.05) is 0 Å². The van der Waals surface area contributed by atoms with Gasteiger partial charge in [0.05, 0.1) is 16.9 Å². The first-order valence-corrected chi connectivity index (χ1v) is 7.80. The maximum atomic E-state index is 12.3. The standard InChI is InChI=1S/C17H13ClF3N3O2/c1-10-5-12(26-17(19,20)21)3-4-15(10)24-9-13(14(18)6-16(24)25)11-7-22-23(2)8-11/h3-9H,1-2H3. The quantitative estimate of drug-likeness (QED) is 0.684. The first-order chi connectivity index (χ1) is 12.1. The number of alkyl halides is 3. The molecule has 1 aromatic carbocycles. The molecule has 0 N–H and O–H groups in total. The summed E-state index contributed by atoms with van der Waals surface area (Å²) in [5, 5.41) is 4.33.